The lowest BCUT2D eigenvalue weighted by molar-refractivity contribution is 0.0972. The molecule has 24 heavy (non-hydrogen) atoms. The predicted molar refractivity (Wildman–Crippen MR) is 91.8 cm³/mol. The van der Waals surface area contributed by atoms with Crippen LogP contribution < -0.4 is 4.74 Å². The van der Waals surface area contributed by atoms with Gasteiger partial charge in [-0.3, -0.25) is 0 Å². The van der Waals surface area contributed by atoms with E-state index in [1.807, 2.05) is 24.3 Å². The minimum Gasteiger partial charge on any atom is -0.593 e. The van der Waals surface area contributed by atoms with Crippen molar-refractivity contribution in [2.45, 2.75) is 37.9 Å². The lowest BCUT2D eigenvalue weighted by Gasteiger charge is -2.37. The lowest BCUT2D eigenvalue weighted by atomic mass is 9.79. The molecule has 4 rings (SSSR count). The second-order valence-corrected chi connectivity index (χ2v) is 6.82. The van der Waals surface area contributed by atoms with Gasteiger partial charge in [0.2, 0.25) is 0 Å². The van der Waals surface area contributed by atoms with E-state index in [0.717, 1.165) is 29.7 Å². The van der Waals surface area contributed by atoms with Crippen molar-refractivity contribution in [1.82, 2.24) is 0 Å². The Bertz CT molecular complexity index is 738. The second-order valence-electron chi connectivity index (χ2n) is 6.82. The number of fused-ring (bicyclic) bond motifs is 3. The first-order chi connectivity index (χ1) is 11.7. The molecule has 3 N–H and O–H groups in total. The molecule has 2 aromatic rings. The Hall–Kier alpha value is -2.20. The molecule has 1 heterocycles. The van der Waals surface area contributed by atoms with Crippen molar-refractivity contribution in [3.05, 3.63) is 53.1 Å². The minimum absolute atomic E-state index is 0.00205. The summed E-state index contributed by atoms with van der Waals surface area (Å²) >= 11 is 0. The maximum absolute atomic E-state index is 9.57. The van der Waals surface area contributed by atoms with Crippen LogP contribution in [0.15, 0.2) is 36.4 Å². The van der Waals surface area contributed by atoms with Gasteiger partial charge in [0.1, 0.15) is 17.6 Å². The number of aromatic hydroxyl groups is 1. The Kier molecular flexibility index (Phi) is 3.85. The molecule has 2 aliphatic rings. The minimum atomic E-state index is -0.00205. The molecule has 0 unspecified atom stereocenters. The van der Waals surface area contributed by atoms with Crippen molar-refractivity contribution in [2.24, 2.45) is 5.92 Å². The zero-order valence-corrected chi connectivity index (χ0v) is 13.8. The molecule has 2 aromatic carbocycles. The van der Waals surface area contributed by atoms with Gasteiger partial charge in [0.25, 0.3) is 5.75 Å². The summed E-state index contributed by atoms with van der Waals surface area (Å²) in [5.74, 6) is 2.57. The maximum atomic E-state index is 9.57. The van der Waals surface area contributed by atoms with Crippen LogP contribution in [0.4, 0.5) is 0 Å². The van der Waals surface area contributed by atoms with Crippen molar-refractivity contribution in [2.75, 3.05) is 7.11 Å². The largest absolute Gasteiger partial charge is 0.593 e. The molecule has 4 nitrogen and oxygen atoms in total. The van der Waals surface area contributed by atoms with Crippen LogP contribution in [0.1, 0.15) is 48.0 Å². The molecular formula is C20H23O4+. The zero-order chi connectivity index (χ0) is 16.7. The molecule has 1 fully saturated rings. The van der Waals surface area contributed by atoms with E-state index < -0.39 is 0 Å². The lowest BCUT2D eigenvalue weighted by Crippen LogP contribution is -2.27. The highest BCUT2D eigenvalue weighted by atomic mass is 16.5. The van der Waals surface area contributed by atoms with Gasteiger partial charge in [0.15, 0.2) is 0 Å². The number of rotatable bonds is 3. The predicted octanol–water partition coefficient (Wildman–Crippen LogP) is 3.99. The number of benzene rings is 2. The Labute approximate surface area is 141 Å². The van der Waals surface area contributed by atoms with Crippen molar-refractivity contribution in [1.29, 1.82) is 0 Å². The summed E-state index contributed by atoms with van der Waals surface area (Å²) in [6.07, 6.45) is 3.47. The first kappa shape index (κ1) is 15.3. The van der Waals surface area contributed by atoms with Gasteiger partial charge in [-0.2, -0.15) is 0 Å². The van der Waals surface area contributed by atoms with Gasteiger partial charge in [0, 0.05) is 36.3 Å². The summed E-state index contributed by atoms with van der Waals surface area (Å²) in [6, 6.07) is 11.2. The zero-order valence-electron chi connectivity index (χ0n) is 13.8. The highest BCUT2D eigenvalue weighted by molar-refractivity contribution is 5.51. The Morgan fingerprint density at radius 3 is 2.75 bits per heavy atom. The van der Waals surface area contributed by atoms with Crippen molar-refractivity contribution < 1.29 is 19.7 Å². The summed E-state index contributed by atoms with van der Waals surface area (Å²) in [5.41, 5.74) is 3.23. The normalized spacial score (nSPS) is 25.0. The molecule has 3 atom stereocenters. The van der Waals surface area contributed by atoms with Gasteiger partial charge in [-0.15, -0.1) is 0 Å². The van der Waals surface area contributed by atoms with E-state index in [2.05, 4.69) is 0 Å². The van der Waals surface area contributed by atoms with Crippen LogP contribution in [0.2, 0.25) is 0 Å². The summed E-state index contributed by atoms with van der Waals surface area (Å²) in [4.78, 5) is 0. The molecule has 4 heteroatoms. The molecule has 1 aliphatic heterocycles. The van der Waals surface area contributed by atoms with Gasteiger partial charge in [0.05, 0.1) is 6.61 Å². The summed E-state index contributed by atoms with van der Waals surface area (Å²) in [7, 11) is 1.67. The fourth-order valence-electron chi connectivity index (χ4n) is 4.33. The van der Waals surface area contributed by atoms with Crippen LogP contribution in [-0.4, -0.2) is 17.3 Å². The van der Waals surface area contributed by atoms with Crippen LogP contribution in [0.25, 0.3) is 0 Å². The standard InChI is InChI=1S/C20H22O4/c1-23-11-13-9-15(22)10-18-16-3-2-4-17(16)19(24-20(13)18)12-5-7-14(21)8-6-12/h5-10,16-17,19,21-22H,2-4,11H2,1H3/p+1/t16-,17+,19+/m1/s1. The highest BCUT2D eigenvalue weighted by Gasteiger charge is 2.43. The van der Waals surface area contributed by atoms with Crippen LogP contribution in [0.5, 0.6) is 17.2 Å². The van der Waals surface area contributed by atoms with Crippen molar-refractivity contribution >= 4 is 0 Å². The van der Waals surface area contributed by atoms with Crippen molar-refractivity contribution in [3.8, 4) is 17.2 Å². The molecule has 1 aliphatic carbocycles. The number of ether oxygens (including phenoxy) is 2. The van der Waals surface area contributed by atoms with Crippen LogP contribution in [0.3, 0.4) is 0 Å². The fraction of sp³-hybridized carbons (Fsp3) is 0.400. The molecule has 0 bridgehead atoms. The summed E-state index contributed by atoms with van der Waals surface area (Å²) < 4.78 is 11.8. The van der Waals surface area contributed by atoms with Gasteiger partial charge < -0.3 is 19.7 Å². The average molecular weight is 327 g/mol. The van der Waals surface area contributed by atoms with Crippen LogP contribution >= 0.6 is 0 Å². The van der Waals surface area contributed by atoms with E-state index in [-0.39, 0.29) is 11.9 Å². The second kappa shape index (κ2) is 6.02. The van der Waals surface area contributed by atoms with E-state index in [9.17, 15) is 5.11 Å². The van der Waals surface area contributed by atoms with E-state index >= 15 is 0 Å². The third-order valence-corrected chi connectivity index (χ3v) is 5.32. The third-order valence-electron chi connectivity index (χ3n) is 5.32. The molecule has 0 radical (unpaired) electrons. The summed E-state index contributed by atoms with van der Waals surface area (Å²) in [5, 5.41) is 17.7. The average Bonchev–Trinajstić information content (AvgIpc) is 3.05. The first-order valence-corrected chi connectivity index (χ1v) is 8.50. The van der Waals surface area contributed by atoms with E-state index in [0.29, 0.717) is 24.2 Å². The van der Waals surface area contributed by atoms with Crippen molar-refractivity contribution in [3.63, 3.8) is 0 Å². The fourth-order valence-corrected chi connectivity index (χ4v) is 4.33. The first-order valence-electron chi connectivity index (χ1n) is 8.50. The molecule has 0 spiro atoms. The molecule has 126 valence electrons. The van der Waals surface area contributed by atoms with Crippen LogP contribution in [-0.2, 0) is 11.3 Å². The summed E-state index contributed by atoms with van der Waals surface area (Å²) in [6.45, 7) is 0.453. The monoisotopic (exact) mass is 327 g/mol. The quantitative estimate of drug-likeness (QED) is 0.867. The Morgan fingerprint density at radius 2 is 2.00 bits per heavy atom. The molecule has 1 saturated carbocycles. The van der Waals surface area contributed by atoms with Gasteiger partial charge >= 0.3 is 0 Å². The number of phenolic OH excluding ortho intramolecular Hbond substituents is 1. The topological polar surface area (TPSA) is 61.6 Å². The van der Waals surface area contributed by atoms with E-state index in [1.54, 1.807) is 19.2 Å². The van der Waals surface area contributed by atoms with Gasteiger partial charge in [-0.25, -0.2) is 0 Å². The maximum Gasteiger partial charge on any atom is 0.254 e. The number of methoxy groups -OCH3 is 1. The number of phenols is 1. The van der Waals surface area contributed by atoms with E-state index in [1.165, 1.54) is 12.0 Å². The number of hydrogen-bond acceptors (Lipinski definition) is 3. The SMILES string of the molecule is COCc1cc([OH2+])cc2c1O[C@@H](c1ccc(O)cc1)[C@H]1CCC[C@@H]21. The molecule has 0 aromatic heterocycles. The Morgan fingerprint density at radius 1 is 1.21 bits per heavy atom. The smallest absolute Gasteiger partial charge is 0.254 e. The van der Waals surface area contributed by atoms with E-state index in [4.69, 9.17) is 14.6 Å². The van der Waals surface area contributed by atoms with Gasteiger partial charge in [-0.05, 0) is 36.5 Å². The molecule has 0 saturated heterocycles. The molecule has 0 amide bonds. The molecular weight excluding hydrogens is 304 g/mol. The van der Waals surface area contributed by atoms with Gasteiger partial charge in [-0.1, -0.05) is 18.6 Å². The highest BCUT2D eigenvalue weighted by Crippen LogP contribution is 2.55. The van der Waals surface area contributed by atoms with Crippen LogP contribution in [0, 0.1) is 5.92 Å². The third kappa shape index (κ3) is 2.51. The Balaban J connectivity index is 1.80. The number of hydrogen-bond donors (Lipinski definition) is 1.